The van der Waals surface area contributed by atoms with Gasteiger partial charge in [0.05, 0.1) is 17.6 Å². The summed E-state index contributed by atoms with van der Waals surface area (Å²) < 4.78 is 4.88. The van der Waals surface area contributed by atoms with Crippen LogP contribution in [0.5, 0.6) is 0 Å². The van der Waals surface area contributed by atoms with E-state index in [2.05, 4.69) is 10.6 Å². The van der Waals surface area contributed by atoms with E-state index in [1.165, 1.54) is 7.11 Å². The number of anilines is 2. The normalized spacial score (nSPS) is 10.4. The summed E-state index contributed by atoms with van der Waals surface area (Å²) >= 11 is 1.05. The van der Waals surface area contributed by atoms with Gasteiger partial charge in [0, 0.05) is 11.3 Å². The van der Waals surface area contributed by atoms with Crippen molar-refractivity contribution in [3.05, 3.63) is 81.2 Å². The van der Waals surface area contributed by atoms with E-state index in [4.69, 9.17) is 4.74 Å². The number of aryl methyl sites for hydroxylation is 2. The van der Waals surface area contributed by atoms with Crippen molar-refractivity contribution in [2.24, 2.45) is 0 Å². The number of ether oxygens (including phenoxy) is 1. The standard InChI is InChI=1S/C23H22N2O4S/c1-13-8-7-10-16(12-13)20(26)25-22-18(23(28)29-4)15(3)19(30-22)21(27)24-17-11-6-5-9-14(17)2/h5-12H,1-4H3,(H,24,27)(H,25,26). The quantitative estimate of drug-likeness (QED) is 0.569. The Hall–Kier alpha value is -3.45. The molecule has 30 heavy (non-hydrogen) atoms. The van der Waals surface area contributed by atoms with Crippen molar-refractivity contribution < 1.29 is 19.1 Å². The van der Waals surface area contributed by atoms with Gasteiger partial charge in [-0.2, -0.15) is 0 Å². The van der Waals surface area contributed by atoms with Crippen LogP contribution in [0.4, 0.5) is 10.7 Å². The van der Waals surface area contributed by atoms with E-state index in [0.29, 0.717) is 21.7 Å². The summed E-state index contributed by atoms with van der Waals surface area (Å²) in [6, 6.07) is 14.5. The van der Waals surface area contributed by atoms with Crippen molar-refractivity contribution in [1.82, 2.24) is 0 Å². The number of carbonyl (C=O) groups is 3. The largest absolute Gasteiger partial charge is 0.465 e. The molecule has 1 heterocycles. The minimum Gasteiger partial charge on any atom is -0.465 e. The molecule has 0 atom stereocenters. The Morgan fingerprint density at radius 3 is 2.30 bits per heavy atom. The molecule has 0 aliphatic carbocycles. The van der Waals surface area contributed by atoms with Gasteiger partial charge in [-0.25, -0.2) is 4.79 Å². The Morgan fingerprint density at radius 1 is 0.900 bits per heavy atom. The molecular formula is C23H22N2O4S. The van der Waals surface area contributed by atoms with Crippen LogP contribution in [0.15, 0.2) is 48.5 Å². The molecule has 3 rings (SSSR count). The van der Waals surface area contributed by atoms with Gasteiger partial charge in [-0.15, -0.1) is 11.3 Å². The molecule has 2 amide bonds. The number of thiophene rings is 1. The van der Waals surface area contributed by atoms with Gasteiger partial charge >= 0.3 is 5.97 Å². The Kier molecular flexibility index (Phi) is 6.32. The summed E-state index contributed by atoms with van der Waals surface area (Å²) in [5, 5.41) is 5.90. The first kappa shape index (κ1) is 21.3. The zero-order chi connectivity index (χ0) is 21.8. The van der Waals surface area contributed by atoms with Crippen molar-refractivity contribution in [2.45, 2.75) is 20.8 Å². The van der Waals surface area contributed by atoms with Crippen molar-refractivity contribution >= 4 is 39.8 Å². The molecule has 6 nitrogen and oxygen atoms in total. The van der Waals surface area contributed by atoms with E-state index < -0.39 is 5.97 Å². The van der Waals surface area contributed by atoms with Crippen LogP contribution in [0.1, 0.15) is 47.1 Å². The van der Waals surface area contributed by atoms with Crippen molar-refractivity contribution in [1.29, 1.82) is 0 Å². The second-order valence-electron chi connectivity index (χ2n) is 6.84. The molecule has 154 valence electrons. The van der Waals surface area contributed by atoms with Gasteiger partial charge in [0.25, 0.3) is 11.8 Å². The van der Waals surface area contributed by atoms with Crippen LogP contribution in [0, 0.1) is 20.8 Å². The zero-order valence-electron chi connectivity index (χ0n) is 17.2. The minimum absolute atomic E-state index is 0.179. The number of hydrogen-bond donors (Lipinski definition) is 2. The number of amides is 2. The van der Waals surface area contributed by atoms with Gasteiger partial charge in [0.1, 0.15) is 5.00 Å². The van der Waals surface area contributed by atoms with Crippen molar-refractivity contribution in [3.8, 4) is 0 Å². The Bertz CT molecular complexity index is 1130. The second kappa shape index (κ2) is 8.92. The fourth-order valence-corrected chi connectivity index (χ4v) is 4.11. The van der Waals surface area contributed by atoms with Gasteiger partial charge in [0.15, 0.2) is 0 Å². The smallest absolute Gasteiger partial charge is 0.341 e. The molecule has 0 unspecified atom stereocenters. The molecule has 1 aromatic heterocycles. The molecular weight excluding hydrogens is 400 g/mol. The summed E-state index contributed by atoms with van der Waals surface area (Å²) in [6.07, 6.45) is 0. The van der Waals surface area contributed by atoms with Gasteiger partial charge in [-0.3, -0.25) is 9.59 Å². The molecule has 3 aromatic rings. The minimum atomic E-state index is -0.613. The maximum atomic E-state index is 12.9. The Labute approximate surface area is 178 Å². The molecule has 0 aliphatic rings. The van der Waals surface area contributed by atoms with Gasteiger partial charge < -0.3 is 15.4 Å². The molecule has 2 aromatic carbocycles. The van der Waals surface area contributed by atoms with E-state index >= 15 is 0 Å². The number of nitrogens with one attached hydrogen (secondary N) is 2. The molecule has 7 heteroatoms. The summed E-state index contributed by atoms with van der Waals surface area (Å²) in [5.41, 5.74) is 3.64. The highest BCUT2D eigenvalue weighted by molar-refractivity contribution is 7.19. The molecule has 0 fully saturated rings. The first-order chi connectivity index (χ1) is 14.3. The third kappa shape index (κ3) is 4.41. The third-order valence-electron chi connectivity index (χ3n) is 4.64. The summed E-state index contributed by atoms with van der Waals surface area (Å²) in [6.45, 7) is 5.45. The maximum absolute atomic E-state index is 12.9. The average Bonchev–Trinajstić information content (AvgIpc) is 3.05. The summed E-state index contributed by atoms with van der Waals surface area (Å²) in [4.78, 5) is 38.3. The number of para-hydroxylation sites is 1. The summed E-state index contributed by atoms with van der Waals surface area (Å²) in [7, 11) is 1.26. The Balaban J connectivity index is 1.95. The third-order valence-corrected chi connectivity index (χ3v) is 5.85. The summed E-state index contributed by atoms with van der Waals surface area (Å²) in [5.74, 6) is -1.33. The van der Waals surface area contributed by atoms with Crippen LogP contribution in [0.3, 0.4) is 0 Å². The predicted molar refractivity (Wildman–Crippen MR) is 119 cm³/mol. The Morgan fingerprint density at radius 2 is 1.63 bits per heavy atom. The molecule has 0 saturated heterocycles. The average molecular weight is 423 g/mol. The van der Waals surface area contributed by atoms with Crippen molar-refractivity contribution in [3.63, 3.8) is 0 Å². The first-order valence-electron chi connectivity index (χ1n) is 9.28. The van der Waals surface area contributed by atoms with Crippen LogP contribution in [-0.2, 0) is 4.74 Å². The highest BCUT2D eigenvalue weighted by atomic mass is 32.1. The number of esters is 1. The lowest BCUT2D eigenvalue weighted by Crippen LogP contribution is -2.14. The molecule has 0 bridgehead atoms. The van der Waals surface area contributed by atoms with E-state index in [1.807, 2.05) is 38.1 Å². The number of methoxy groups -OCH3 is 1. The van der Waals surface area contributed by atoms with Gasteiger partial charge in [0.2, 0.25) is 0 Å². The SMILES string of the molecule is COC(=O)c1c(NC(=O)c2cccc(C)c2)sc(C(=O)Nc2ccccc2C)c1C. The molecule has 0 radical (unpaired) electrons. The van der Waals surface area contributed by atoms with Crippen LogP contribution in [0.25, 0.3) is 0 Å². The number of rotatable bonds is 5. The lowest BCUT2D eigenvalue weighted by Gasteiger charge is -2.07. The first-order valence-corrected chi connectivity index (χ1v) is 10.1. The van der Waals surface area contributed by atoms with Crippen LogP contribution >= 0.6 is 11.3 Å². The fourth-order valence-electron chi connectivity index (χ4n) is 3.02. The molecule has 2 N–H and O–H groups in total. The van der Waals surface area contributed by atoms with Crippen LogP contribution < -0.4 is 10.6 Å². The lowest BCUT2D eigenvalue weighted by molar-refractivity contribution is 0.0601. The fraction of sp³-hybridized carbons (Fsp3) is 0.174. The van der Waals surface area contributed by atoms with E-state index in [1.54, 1.807) is 31.2 Å². The molecule has 0 spiro atoms. The van der Waals surface area contributed by atoms with Crippen LogP contribution in [-0.4, -0.2) is 24.9 Å². The highest BCUT2D eigenvalue weighted by Gasteiger charge is 2.26. The van der Waals surface area contributed by atoms with Gasteiger partial charge in [-0.05, 0) is 50.1 Å². The second-order valence-corrected chi connectivity index (χ2v) is 7.87. The lowest BCUT2D eigenvalue weighted by atomic mass is 10.1. The van der Waals surface area contributed by atoms with Crippen LogP contribution in [0.2, 0.25) is 0 Å². The maximum Gasteiger partial charge on any atom is 0.341 e. The molecule has 0 saturated carbocycles. The molecule has 0 aliphatic heterocycles. The van der Waals surface area contributed by atoms with E-state index in [9.17, 15) is 14.4 Å². The van der Waals surface area contributed by atoms with E-state index in [0.717, 1.165) is 22.5 Å². The number of benzene rings is 2. The van der Waals surface area contributed by atoms with E-state index in [-0.39, 0.29) is 22.4 Å². The van der Waals surface area contributed by atoms with Gasteiger partial charge in [-0.1, -0.05) is 35.9 Å². The monoisotopic (exact) mass is 422 g/mol. The number of carbonyl (C=O) groups excluding carboxylic acids is 3. The zero-order valence-corrected chi connectivity index (χ0v) is 18.0. The highest BCUT2D eigenvalue weighted by Crippen LogP contribution is 2.34. The number of hydrogen-bond acceptors (Lipinski definition) is 5. The topological polar surface area (TPSA) is 84.5 Å². The predicted octanol–water partition coefficient (Wildman–Crippen LogP) is 4.96. The van der Waals surface area contributed by atoms with Crippen molar-refractivity contribution in [2.75, 3.05) is 17.7 Å².